The summed E-state index contributed by atoms with van der Waals surface area (Å²) in [5.74, 6) is -1.42. The Morgan fingerprint density at radius 1 is 1.24 bits per heavy atom. The molecule has 1 fully saturated rings. The molecule has 0 aliphatic carbocycles. The number of carbonyl (C=O) groups excluding carboxylic acids is 1. The van der Waals surface area contributed by atoms with Gasteiger partial charge in [-0.05, 0) is 23.8 Å². The smallest absolute Gasteiger partial charge is 0.330 e. The maximum Gasteiger partial charge on any atom is 0.330 e. The van der Waals surface area contributed by atoms with Crippen LogP contribution in [0.3, 0.4) is 0 Å². The standard InChI is InChI=1S/C19H16F4N4O2/c1-25-18-15(27(19(25)29)9-16(28)26-7-12(20)8-26)5-11(6-24-18)10-2-3-14(21)13(4-10)17(22)23/h2-6,12,17H,7-9H2,1H3. The number of hydrogen-bond acceptors (Lipinski definition) is 3. The maximum atomic E-state index is 13.6. The van der Waals surface area contributed by atoms with Gasteiger partial charge >= 0.3 is 5.69 Å². The molecular formula is C19H16F4N4O2. The Kier molecular flexibility index (Phi) is 4.64. The molecule has 1 aliphatic heterocycles. The fraction of sp³-hybridized carbons (Fsp3) is 0.316. The number of pyridine rings is 1. The van der Waals surface area contributed by atoms with E-state index >= 15 is 0 Å². The molecule has 0 radical (unpaired) electrons. The van der Waals surface area contributed by atoms with Crippen molar-refractivity contribution in [2.24, 2.45) is 7.05 Å². The number of halogens is 4. The van der Waals surface area contributed by atoms with Crippen molar-refractivity contribution in [1.82, 2.24) is 19.0 Å². The Balaban J connectivity index is 1.76. The van der Waals surface area contributed by atoms with Gasteiger partial charge in [0.15, 0.2) is 5.65 Å². The second-order valence-corrected chi connectivity index (χ2v) is 6.93. The summed E-state index contributed by atoms with van der Waals surface area (Å²) in [5, 5.41) is 0. The van der Waals surface area contributed by atoms with Crippen LogP contribution in [0.1, 0.15) is 12.0 Å². The maximum absolute atomic E-state index is 13.6. The molecule has 0 N–H and O–H groups in total. The van der Waals surface area contributed by atoms with Crippen LogP contribution in [0.5, 0.6) is 0 Å². The van der Waals surface area contributed by atoms with E-state index in [9.17, 15) is 27.2 Å². The van der Waals surface area contributed by atoms with Crippen LogP contribution in [0.25, 0.3) is 22.3 Å². The molecule has 1 saturated heterocycles. The quantitative estimate of drug-likeness (QED) is 0.624. The molecule has 0 spiro atoms. The zero-order valence-electron chi connectivity index (χ0n) is 15.3. The van der Waals surface area contributed by atoms with Crippen LogP contribution in [0, 0.1) is 5.82 Å². The third-order valence-electron chi connectivity index (χ3n) is 5.02. The number of amides is 1. The number of aromatic nitrogens is 3. The second-order valence-electron chi connectivity index (χ2n) is 6.93. The molecule has 4 rings (SSSR count). The first kappa shape index (κ1) is 19.2. The van der Waals surface area contributed by atoms with Crippen LogP contribution in [0.4, 0.5) is 17.6 Å². The van der Waals surface area contributed by atoms with Crippen LogP contribution >= 0.6 is 0 Å². The lowest BCUT2D eigenvalue weighted by atomic mass is 10.0. The highest BCUT2D eigenvalue weighted by Crippen LogP contribution is 2.29. The van der Waals surface area contributed by atoms with E-state index in [0.29, 0.717) is 22.3 Å². The lowest BCUT2D eigenvalue weighted by molar-refractivity contribution is -0.138. The van der Waals surface area contributed by atoms with Crippen molar-refractivity contribution in [3.8, 4) is 11.1 Å². The molecule has 29 heavy (non-hydrogen) atoms. The van der Waals surface area contributed by atoms with Crippen LogP contribution in [-0.2, 0) is 18.4 Å². The number of fused-ring (bicyclic) bond motifs is 1. The molecule has 6 nitrogen and oxygen atoms in total. The van der Waals surface area contributed by atoms with Crippen molar-refractivity contribution in [1.29, 1.82) is 0 Å². The summed E-state index contributed by atoms with van der Waals surface area (Å²) >= 11 is 0. The number of carbonyl (C=O) groups is 1. The molecule has 2 aromatic heterocycles. The summed E-state index contributed by atoms with van der Waals surface area (Å²) < 4.78 is 55.1. The summed E-state index contributed by atoms with van der Waals surface area (Å²) in [6.07, 6.45) is -2.64. The topological polar surface area (TPSA) is 60.1 Å². The third kappa shape index (κ3) is 3.28. The summed E-state index contributed by atoms with van der Waals surface area (Å²) in [5.41, 5.74) is 0.0927. The van der Waals surface area contributed by atoms with E-state index in [4.69, 9.17) is 0 Å². The minimum absolute atomic E-state index is 0.00612. The van der Waals surface area contributed by atoms with Crippen LogP contribution in [0.15, 0.2) is 35.3 Å². The molecule has 0 unspecified atom stereocenters. The third-order valence-corrected chi connectivity index (χ3v) is 5.02. The summed E-state index contributed by atoms with van der Waals surface area (Å²) in [7, 11) is 1.49. The van der Waals surface area contributed by atoms with Crippen molar-refractivity contribution < 1.29 is 22.4 Å². The van der Waals surface area contributed by atoms with Crippen molar-refractivity contribution in [2.45, 2.75) is 19.1 Å². The van der Waals surface area contributed by atoms with Crippen molar-refractivity contribution >= 4 is 17.1 Å². The molecule has 152 valence electrons. The second kappa shape index (κ2) is 7.02. The number of hydrogen-bond donors (Lipinski definition) is 0. The summed E-state index contributed by atoms with van der Waals surface area (Å²) in [6.45, 7) is -0.304. The van der Waals surface area contributed by atoms with E-state index in [1.54, 1.807) is 0 Å². The average molecular weight is 408 g/mol. The molecule has 1 amide bonds. The van der Waals surface area contributed by atoms with Gasteiger partial charge in [0.1, 0.15) is 18.5 Å². The van der Waals surface area contributed by atoms with Crippen LogP contribution < -0.4 is 5.69 Å². The molecule has 1 aromatic carbocycles. The van der Waals surface area contributed by atoms with E-state index in [-0.39, 0.29) is 19.6 Å². The fourth-order valence-electron chi connectivity index (χ4n) is 3.34. The number of alkyl halides is 3. The first-order valence-electron chi connectivity index (χ1n) is 8.81. The number of benzene rings is 1. The van der Waals surface area contributed by atoms with Gasteiger partial charge in [0, 0.05) is 18.8 Å². The Hall–Kier alpha value is -3.17. The first-order chi connectivity index (χ1) is 13.8. The van der Waals surface area contributed by atoms with E-state index in [0.717, 1.165) is 12.1 Å². The minimum Gasteiger partial charge on any atom is -0.335 e. The van der Waals surface area contributed by atoms with Gasteiger partial charge in [0.2, 0.25) is 5.91 Å². The van der Waals surface area contributed by atoms with Gasteiger partial charge in [-0.2, -0.15) is 0 Å². The SMILES string of the molecule is Cn1c(=O)n(CC(=O)N2CC(F)C2)c2cc(-c3ccc(F)c(C(F)F)c3)cnc21. The van der Waals surface area contributed by atoms with Gasteiger partial charge in [-0.3, -0.25) is 13.9 Å². The predicted molar refractivity (Wildman–Crippen MR) is 96.8 cm³/mol. The summed E-state index contributed by atoms with van der Waals surface area (Å²) in [4.78, 5) is 30.4. The molecular weight excluding hydrogens is 392 g/mol. The molecule has 0 bridgehead atoms. The largest absolute Gasteiger partial charge is 0.335 e. The van der Waals surface area contributed by atoms with Crippen molar-refractivity contribution in [2.75, 3.05) is 13.1 Å². The van der Waals surface area contributed by atoms with Crippen LogP contribution in [-0.4, -0.2) is 44.2 Å². The highest BCUT2D eigenvalue weighted by atomic mass is 19.3. The molecule has 3 aromatic rings. The molecule has 3 heterocycles. The number of rotatable bonds is 4. The normalized spacial score (nSPS) is 14.6. The van der Waals surface area contributed by atoms with Gasteiger partial charge < -0.3 is 4.90 Å². The van der Waals surface area contributed by atoms with Gasteiger partial charge in [0.25, 0.3) is 6.43 Å². The van der Waals surface area contributed by atoms with E-state index < -0.39 is 35.6 Å². The van der Waals surface area contributed by atoms with Crippen molar-refractivity contribution in [3.05, 3.63) is 52.3 Å². The number of nitrogens with zero attached hydrogens (tertiary/aromatic N) is 4. The van der Waals surface area contributed by atoms with Gasteiger partial charge in [-0.15, -0.1) is 0 Å². The molecule has 0 atom stereocenters. The van der Waals surface area contributed by atoms with Crippen LogP contribution in [0.2, 0.25) is 0 Å². The fourth-order valence-corrected chi connectivity index (χ4v) is 3.34. The Morgan fingerprint density at radius 2 is 1.97 bits per heavy atom. The van der Waals surface area contributed by atoms with Gasteiger partial charge in [-0.1, -0.05) is 6.07 Å². The number of likely N-dealkylation sites (tertiary alicyclic amines) is 1. The zero-order valence-corrected chi connectivity index (χ0v) is 15.3. The van der Waals surface area contributed by atoms with E-state index in [1.165, 1.54) is 39.4 Å². The van der Waals surface area contributed by atoms with Crippen molar-refractivity contribution in [3.63, 3.8) is 0 Å². The lowest BCUT2D eigenvalue weighted by Crippen LogP contribution is -2.52. The molecule has 0 saturated carbocycles. The highest BCUT2D eigenvalue weighted by molar-refractivity contribution is 5.82. The zero-order chi connectivity index (χ0) is 20.9. The van der Waals surface area contributed by atoms with Gasteiger partial charge in [0.05, 0.1) is 24.2 Å². The predicted octanol–water partition coefficient (Wildman–Crippen LogP) is 2.66. The number of aryl methyl sites for hydroxylation is 1. The average Bonchev–Trinajstić information content (AvgIpc) is 2.90. The monoisotopic (exact) mass is 408 g/mol. The lowest BCUT2D eigenvalue weighted by Gasteiger charge is -2.34. The number of imidazole rings is 1. The first-order valence-corrected chi connectivity index (χ1v) is 8.81. The van der Waals surface area contributed by atoms with E-state index in [2.05, 4.69) is 4.98 Å². The Morgan fingerprint density at radius 3 is 2.62 bits per heavy atom. The molecule has 10 heteroatoms. The molecule has 1 aliphatic rings. The van der Waals surface area contributed by atoms with Gasteiger partial charge in [-0.25, -0.2) is 27.3 Å². The highest BCUT2D eigenvalue weighted by Gasteiger charge is 2.31. The Labute approximate surface area is 162 Å². The Bertz CT molecular complexity index is 1160. The summed E-state index contributed by atoms with van der Waals surface area (Å²) in [6, 6.07) is 4.84. The van der Waals surface area contributed by atoms with E-state index in [1.807, 2.05) is 0 Å². The minimum atomic E-state index is -2.98.